The summed E-state index contributed by atoms with van der Waals surface area (Å²) in [6.45, 7) is 4.31. The summed E-state index contributed by atoms with van der Waals surface area (Å²) in [6.07, 6.45) is 7.10. The van der Waals surface area contributed by atoms with E-state index in [1.54, 1.807) is 11.8 Å². The van der Waals surface area contributed by atoms with Crippen molar-refractivity contribution in [1.29, 1.82) is 0 Å². The Morgan fingerprint density at radius 2 is 2.09 bits per heavy atom. The molecule has 0 aromatic carbocycles. The van der Waals surface area contributed by atoms with Crippen molar-refractivity contribution in [2.24, 2.45) is 5.41 Å². The first kappa shape index (κ1) is 16.2. The van der Waals surface area contributed by atoms with Gasteiger partial charge in [-0.1, -0.05) is 56.5 Å². The summed E-state index contributed by atoms with van der Waals surface area (Å²) in [4.78, 5) is 4.49. The zero-order valence-electron chi connectivity index (χ0n) is 13.2. The summed E-state index contributed by atoms with van der Waals surface area (Å²) in [5.74, 6) is 0.953. The Kier molecular flexibility index (Phi) is 4.72. The summed E-state index contributed by atoms with van der Waals surface area (Å²) in [5.41, 5.74) is 1.76. The van der Waals surface area contributed by atoms with Crippen molar-refractivity contribution >= 4 is 28.9 Å². The maximum absolute atomic E-state index is 11.1. The van der Waals surface area contributed by atoms with Crippen LogP contribution in [-0.2, 0) is 0 Å². The van der Waals surface area contributed by atoms with Gasteiger partial charge in [-0.25, -0.2) is 4.98 Å². The van der Waals surface area contributed by atoms with Gasteiger partial charge in [0.15, 0.2) is 5.16 Å². The van der Waals surface area contributed by atoms with Gasteiger partial charge >= 0.3 is 0 Å². The van der Waals surface area contributed by atoms with E-state index in [2.05, 4.69) is 23.2 Å². The predicted molar refractivity (Wildman–Crippen MR) is 92.8 cm³/mol. The normalized spacial score (nSPS) is 19.5. The summed E-state index contributed by atoms with van der Waals surface area (Å²) in [5, 5.41) is 12.7. The second-order valence-electron chi connectivity index (χ2n) is 6.45. The molecule has 2 aromatic heterocycles. The van der Waals surface area contributed by atoms with E-state index in [0.717, 1.165) is 35.0 Å². The van der Waals surface area contributed by atoms with Crippen LogP contribution in [0.1, 0.15) is 57.7 Å². The van der Waals surface area contributed by atoms with Crippen LogP contribution in [-0.4, -0.2) is 20.2 Å². The highest BCUT2D eigenvalue weighted by Crippen LogP contribution is 2.46. The van der Waals surface area contributed by atoms with Gasteiger partial charge in [-0.15, -0.1) is 0 Å². The Morgan fingerprint density at radius 3 is 2.77 bits per heavy atom. The Labute approximate surface area is 141 Å². The van der Waals surface area contributed by atoms with Crippen molar-refractivity contribution in [3.63, 3.8) is 0 Å². The number of nitrogens with zero attached hydrogens (tertiary/aromatic N) is 2. The van der Waals surface area contributed by atoms with Gasteiger partial charge in [0, 0.05) is 5.02 Å². The number of aromatic nitrogens is 2. The van der Waals surface area contributed by atoms with Crippen molar-refractivity contribution < 1.29 is 5.11 Å². The molecule has 1 N–H and O–H groups in total. The molecule has 120 valence electrons. The molecule has 1 unspecified atom stereocenters. The molecule has 2 heterocycles. The first-order chi connectivity index (χ1) is 10.5. The zero-order chi connectivity index (χ0) is 15.7. The van der Waals surface area contributed by atoms with Crippen LogP contribution in [0.2, 0.25) is 5.02 Å². The fraction of sp³-hybridized carbons (Fsp3) is 0.588. The Bertz CT molecular complexity index is 664. The Hall–Kier alpha value is -0.710. The van der Waals surface area contributed by atoms with Crippen LogP contribution in [0, 0.1) is 5.41 Å². The number of imidazole rings is 1. The fourth-order valence-corrected chi connectivity index (χ4v) is 4.47. The van der Waals surface area contributed by atoms with Crippen LogP contribution in [0.25, 0.3) is 5.52 Å². The Balaban J connectivity index is 2.09. The van der Waals surface area contributed by atoms with E-state index in [1.165, 1.54) is 19.3 Å². The maximum Gasteiger partial charge on any atom is 0.172 e. The van der Waals surface area contributed by atoms with E-state index in [4.69, 9.17) is 11.6 Å². The predicted octanol–water partition coefficient (Wildman–Crippen LogP) is 5.10. The van der Waals surface area contributed by atoms with E-state index >= 15 is 0 Å². The molecular weight excluding hydrogens is 316 g/mol. The molecule has 2 aromatic rings. The minimum atomic E-state index is -0.514. The molecule has 0 bridgehead atoms. The van der Waals surface area contributed by atoms with Crippen molar-refractivity contribution in [3.8, 4) is 0 Å². The fourth-order valence-electron chi connectivity index (χ4n) is 3.52. The lowest BCUT2D eigenvalue weighted by atomic mass is 9.71. The number of rotatable bonds is 4. The number of halogens is 1. The monoisotopic (exact) mass is 338 g/mol. The van der Waals surface area contributed by atoms with Gasteiger partial charge in [-0.05, 0) is 36.1 Å². The van der Waals surface area contributed by atoms with Gasteiger partial charge in [0.25, 0.3) is 0 Å². The third-order valence-electron chi connectivity index (χ3n) is 4.80. The van der Waals surface area contributed by atoms with Crippen molar-refractivity contribution in [2.75, 3.05) is 5.75 Å². The van der Waals surface area contributed by atoms with Crippen LogP contribution in [0.4, 0.5) is 0 Å². The molecule has 0 spiro atoms. The number of thioether (sulfide) groups is 1. The molecule has 1 saturated carbocycles. The average molecular weight is 339 g/mol. The molecular formula is C17H23ClN2OS. The number of hydrogen-bond donors (Lipinski definition) is 1. The van der Waals surface area contributed by atoms with Crippen LogP contribution >= 0.6 is 23.4 Å². The van der Waals surface area contributed by atoms with Crippen molar-refractivity contribution in [2.45, 2.75) is 57.2 Å². The lowest BCUT2D eigenvalue weighted by Gasteiger charge is -2.38. The Morgan fingerprint density at radius 1 is 1.36 bits per heavy atom. The molecule has 1 aliphatic carbocycles. The second kappa shape index (κ2) is 6.42. The second-order valence-corrected chi connectivity index (χ2v) is 8.12. The SMILES string of the molecule is CCSc1ncc2cc(Cl)cc(C(O)C3(C)CCCCC3)n12. The minimum Gasteiger partial charge on any atom is -0.386 e. The highest BCUT2D eigenvalue weighted by molar-refractivity contribution is 7.99. The summed E-state index contributed by atoms with van der Waals surface area (Å²) in [6, 6.07) is 3.81. The smallest absolute Gasteiger partial charge is 0.172 e. The van der Waals surface area contributed by atoms with Crippen molar-refractivity contribution in [3.05, 3.63) is 29.0 Å². The average Bonchev–Trinajstić information content (AvgIpc) is 2.90. The van der Waals surface area contributed by atoms with Crippen LogP contribution in [0.5, 0.6) is 0 Å². The number of fused-ring (bicyclic) bond motifs is 1. The summed E-state index contributed by atoms with van der Waals surface area (Å²) >= 11 is 7.97. The quantitative estimate of drug-likeness (QED) is 0.788. The van der Waals surface area contributed by atoms with Gasteiger partial charge in [-0.2, -0.15) is 0 Å². The zero-order valence-corrected chi connectivity index (χ0v) is 14.8. The molecule has 1 atom stereocenters. The molecule has 3 nitrogen and oxygen atoms in total. The molecule has 1 aliphatic rings. The third kappa shape index (κ3) is 2.89. The van der Waals surface area contributed by atoms with E-state index < -0.39 is 6.10 Å². The standard InChI is InChI=1S/C17H23ClN2OS/c1-3-22-16-19-11-13-9-12(18)10-14(20(13)16)15(21)17(2)7-5-4-6-8-17/h9-11,15,21H,3-8H2,1-2H3. The molecule has 5 heteroatoms. The molecule has 0 amide bonds. The van der Waals surface area contributed by atoms with Gasteiger partial charge in [0.05, 0.1) is 23.5 Å². The largest absolute Gasteiger partial charge is 0.386 e. The highest BCUT2D eigenvalue weighted by Gasteiger charge is 2.36. The lowest BCUT2D eigenvalue weighted by Crippen LogP contribution is -2.29. The van der Waals surface area contributed by atoms with Gasteiger partial charge in [0.2, 0.25) is 0 Å². The van der Waals surface area contributed by atoms with Gasteiger partial charge in [0.1, 0.15) is 0 Å². The maximum atomic E-state index is 11.1. The number of aliphatic hydroxyl groups excluding tert-OH is 1. The van der Waals surface area contributed by atoms with E-state index in [9.17, 15) is 5.11 Å². The van der Waals surface area contributed by atoms with Gasteiger partial charge in [-0.3, -0.25) is 4.40 Å². The number of pyridine rings is 1. The first-order valence-corrected chi connectivity index (χ1v) is 9.39. The molecule has 22 heavy (non-hydrogen) atoms. The summed E-state index contributed by atoms with van der Waals surface area (Å²) < 4.78 is 2.07. The molecule has 0 saturated heterocycles. The molecule has 1 fully saturated rings. The number of aliphatic hydroxyl groups is 1. The van der Waals surface area contributed by atoms with Crippen LogP contribution < -0.4 is 0 Å². The third-order valence-corrected chi connectivity index (χ3v) is 5.85. The highest BCUT2D eigenvalue weighted by atomic mass is 35.5. The van der Waals surface area contributed by atoms with Crippen LogP contribution in [0.3, 0.4) is 0 Å². The lowest BCUT2D eigenvalue weighted by molar-refractivity contribution is 0.00408. The van der Waals surface area contributed by atoms with E-state index in [1.807, 2.05) is 18.3 Å². The van der Waals surface area contributed by atoms with E-state index in [0.29, 0.717) is 5.02 Å². The van der Waals surface area contributed by atoms with Gasteiger partial charge < -0.3 is 5.11 Å². The molecule has 0 radical (unpaired) electrons. The van der Waals surface area contributed by atoms with Crippen LogP contribution in [0.15, 0.2) is 23.5 Å². The minimum absolute atomic E-state index is 0.0751. The molecule has 0 aliphatic heterocycles. The van der Waals surface area contributed by atoms with Crippen molar-refractivity contribution in [1.82, 2.24) is 9.38 Å². The molecule has 3 rings (SSSR count). The number of hydrogen-bond acceptors (Lipinski definition) is 3. The van der Waals surface area contributed by atoms with E-state index in [-0.39, 0.29) is 5.41 Å². The summed E-state index contributed by atoms with van der Waals surface area (Å²) in [7, 11) is 0. The first-order valence-electron chi connectivity index (χ1n) is 8.03. The topological polar surface area (TPSA) is 37.5 Å².